The second-order valence-electron chi connectivity index (χ2n) is 1.34. The van der Waals surface area contributed by atoms with Crippen LogP contribution in [0.3, 0.4) is 0 Å². The van der Waals surface area contributed by atoms with Crippen molar-refractivity contribution < 1.29 is 50.9 Å². The number of nitrogens with zero attached hydrogens (tertiary/aromatic N) is 6. The van der Waals surface area contributed by atoms with E-state index in [1.807, 2.05) is 0 Å². The van der Waals surface area contributed by atoms with E-state index in [4.69, 9.17) is 91.9 Å². The summed E-state index contributed by atoms with van der Waals surface area (Å²) in [4.78, 5) is 49.5. The minimum absolute atomic E-state index is 0. The zero-order valence-corrected chi connectivity index (χ0v) is 12.4. The summed E-state index contributed by atoms with van der Waals surface area (Å²) < 4.78 is 0. The van der Waals surface area contributed by atoms with Gasteiger partial charge in [0.15, 0.2) is 0 Å². The summed E-state index contributed by atoms with van der Waals surface area (Å²) in [7, 11) is 0. The summed E-state index contributed by atoms with van der Waals surface area (Å²) in [6.07, 6.45) is 0. The third-order valence-electron chi connectivity index (χ3n) is 0. The van der Waals surface area contributed by atoms with Crippen molar-refractivity contribution in [1.29, 1.82) is 0 Å². The van der Waals surface area contributed by atoms with Gasteiger partial charge in [0.1, 0.15) is 0 Å². The number of rotatable bonds is 0. The summed E-state index contributed by atoms with van der Waals surface area (Å²) in [5, 5.41) is 88.5. The molecular weight excluding hydrogens is 490 g/mol. The van der Waals surface area contributed by atoms with Crippen molar-refractivity contribution in [1.82, 2.24) is 0 Å². The Morgan fingerprint density at radius 3 is 0.308 bits per heavy atom. The molecule has 0 fully saturated rings. The minimum Gasteiger partial charge on any atom is -0.356 e. The fourth-order valence-electron chi connectivity index (χ4n) is 0. The molecule has 0 unspecified atom stereocenters. The second kappa shape index (κ2) is 42.8. The summed E-state index contributed by atoms with van der Waals surface area (Å²) in [6, 6.07) is 0. The fourth-order valence-corrected chi connectivity index (χ4v) is 0. The Bertz CT molecular complexity index is 263. The second-order valence-corrected chi connectivity index (χ2v) is 1.34. The van der Waals surface area contributed by atoms with Crippen LogP contribution >= 0.6 is 0 Å². The molecule has 0 aliphatic rings. The van der Waals surface area contributed by atoms with E-state index in [9.17, 15) is 0 Å². The minimum atomic E-state index is -1.75. The first-order chi connectivity index (χ1) is 10.4. The van der Waals surface area contributed by atoms with Crippen molar-refractivity contribution >= 4 is 0 Å². The van der Waals surface area contributed by atoms with E-state index >= 15 is 0 Å². The van der Waals surface area contributed by atoms with Gasteiger partial charge in [0.25, 0.3) is 0 Å². The van der Waals surface area contributed by atoms with Crippen molar-refractivity contribution in [2.45, 2.75) is 0 Å². The third-order valence-corrected chi connectivity index (χ3v) is 0. The maximum absolute atomic E-state index is 8.25. The molecule has 0 aromatic heterocycles. The van der Waals surface area contributed by atoms with Gasteiger partial charge in [0.05, 0.1) is 30.5 Å². The van der Waals surface area contributed by atoms with Crippen LogP contribution in [-0.4, -0.2) is 30.5 Å². The molecule has 0 N–H and O–H groups in total. The normalized spacial score (nSPS) is 5.54. The summed E-state index contributed by atoms with van der Waals surface area (Å²) in [5.41, 5.74) is 0. The van der Waals surface area contributed by atoms with Crippen LogP contribution in [0, 0.1) is 99.4 Å². The SMILES string of the molecule is O=[N+]([O-])[O-].O=[N+]([O-])[O-].O=[N+]([O-])[O-].O=[N+]([O-])[O-].O=[N+]([O-])[O-].O=[N+]([O-])[O-].[C+4].[Pd+2]. The molecule has 0 atom stereocenters. The molecule has 0 amide bonds. The quantitative estimate of drug-likeness (QED) is 0.215. The Hall–Kier alpha value is -4.14. The molecule has 0 bridgehead atoms. The average Bonchev–Trinajstić information content (AvgIpc) is 2.08. The van der Waals surface area contributed by atoms with E-state index in [0.29, 0.717) is 0 Å². The van der Waals surface area contributed by atoms with Crippen molar-refractivity contribution in [3.05, 3.63) is 99.4 Å². The van der Waals surface area contributed by atoms with Gasteiger partial charge < -0.3 is 91.9 Å². The van der Waals surface area contributed by atoms with Gasteiger partial charge in [0, 0.05) is 0 Å². The topological polar surface area (TPSA) is 397 Å². The van der Waals surface area contributed by atoms with Crippen LogP contribution in [0.15, 0.2) is 0 Å². The van der Waals surface area contributed by atoms with Crippen LogP contribution in [-0.2, 0) is 20.4 Å². The third kappa shape index (κ3) is 413. The molecule has 0 aliphatic carbocycles. The van der Waals surface area contributed by atoms with Crippen molar-refractivity contribution in [3.63, 3.8) is 0 Å². The monoisotopic (exact) mass is 490 g/mol. The Labute approximate surface area is 151 Å². The Balaban J connectivity index is -0.0000000245. The fraction of sp³-hybridized carbons (Fsp3) is 0. The van der Waals surface area contributed by atoms with Gasteiger partial charge in [-0.2, -0.15) is 0 Å². The van der Waals surface area contributed by atoms with E-state index in [1.165, 1.54) is 0 Å². The molecule has 0 saturated heterocycles. The van der Waals surface area contributed by atoms with Gasteiger partial charge in [-0.3, -0.25) is 0 Å². The Morgan fingerprint density at radius 2 is 0.308 bits per heavy atom. The molecule has 26 heavy (non-hydrogen) atoms. The predicted octanol–water partition coefficient (Wildman–Crippen LogP) is -1.36. The van der Waals surface area contributed by atoms with Gasteiger partial charge in [-0.25, -0.2) is 0 Å². The van der Waals surface area contributed by atoms with Crippen LogP contribution in [0.5, 0.6) is 0 Å². The first kappa shape index (κ1) is 49.5. The van der Waals surface area contributed by atoms with E-state index in [2.05, 4.69) is 0 Å². The molecule has 0 heterocycles. The van der Waals surface area contributed by atoms with E-state index in [-0.39, 0.29) is 27.8 Å². The van der Waals surface area contributed by atoms with Gasteiger partial charge in [-0.15, -0.1) is 0 Å². The van der Waals surface area contributed by atoms with Crippen molar-refractivity contribution in [2.24, 2.45) is 0 Å². The average molecular weight is 490 g/mol. The molecule has 0 radical (unpaired) electrons. The van der Waals surface area contributed by atoms with Gasteiger partial charge >= 0.3 is 27.8 Å². The number of hydrogen-bond donors (Lipinski definition) is 0. The van der Waals surface area contributed by atoms with Crippen molar-refractivity contribution in [3.8, 4) is 0 Å². The molecule has 0 aromatic rings. The molecule has 0 aliphatic heterocycles. The van der Waals surface area contributed by atoms with Gasteiger partial charge in [-0.05, 0) is 0 Å². The van der Waals surface area contributed by atoms with Crippen LogP contribution in [0.1, 0.15) is 0 Å². The summed E-state index contributed by atoms with van der Waals surface area (Å²) in [6.45, 7) is 0. The zero-order chi connectivity index (χ0) is 21.5. The van der Waals surface area contributed by atoms with Crippen LogP contribution < -0.4 is 0 Å². The predicted molar refractivity (Wildman–Crippen MR) is 65.4 cm³/mol. The standard InChI is InChI=1S/C.6NO3.Pd/c;6*2-1(3)4;/q+4;6*-1;+2. The maximum atomic E-state index is 8.25. The van der Waals surface area contributed by atoms with Crippen molar-refractivity contribution in [2.75, 3.05) is 0 Å². The molecule has 0 rings (SSSR count). The number of hydrogen-bond acceptors (Lipinski definition) is 18. The molecular formula is CN6O18Pd. The molecule has 25 heteroatoms. The maximum Gasteiger partial charge on any atom is 4.00 e. The largest absolute Gasteiger partial charge is 4.00 e. The molecule has 152 valence electrons. The molecule has 0 aromatic carbocycles. The first-order valence-electron chi connectivity index (χ1n) is 3.29. The van der Waals surface area contributed by atoms with E-state index in [0.717, 1.165) is 0 Å². The van der Waals surface area contributed by atoms with Gasteiger partial charge in [-0.1, -0.05) is 0 Å². The van der Waals surface area contributed by atoms with Crippen LogP contribution in [0.25, 0.3) is 0 Å². The molecule has 24 nitrogen and oxygen atoms in total. The molecule has 0 spiro atoms. The molecule has 0 saturated carbocycles. The Morgan fingerprint density at radius 1 is 0.308 bits per heavy atom. The smallest absolute Gasteiger partial charge is 0.356 e. The van der Waals surface area contributed by atoms with Crippen LogP contribution in [0.2, 0.25) is 0 Å². The zero-order valence-electron chi connectivity index (χ0n) is 10.8. The first-order valence-corrected chi connectivity index (χ1v) is 3.29. The summed E-state index contributed by atoms with van der Waals surface area (Å²) in [5.74, 6) is 0. The van der Waals surface area contributed by atoms with Gasteiger partial charge in [0.2, 0.25) is 0 Å². The Kier molecular flexibility index (Phi) is 81.6. The van der Waals surface area contributed by atoms with E-state index in [1.54, 1.807) is 0 Å². The van der Waals surface area contributed by atoms with Crippen LogP contribution in [0.4, 0.5) is 0 Å². The summed E-state index contributed by atoms with van der Waals surface area (Å²) >= 11 is 0. The van der Waals surface area contributed by atoms with E-state index < -0.39 is 30.5 Å².